The molecule has 0 aliphatic heterocycles. The monoisotopic (exact) mass is 290 g/mol. The van der Waals surface area contributed by atoms with Crippen LogP contribution in [0.4, 0.5) is 0 Å². The van der Waals surface area contributed by atoms with Gasteiger partial charge in [0, 0.05) is 5.41 Å². The Kier molecular flexibility index (Phi) is 6.51. The second-order valence-electron chi connectivity index (χ2n) is 7.48. The Morgan fingerprint density at radius 2 is 1.67 bits per heavy atom. The third-order valence-electron chi connectivity index (χ3n) is 6.15. The van der Waals surface area contributed by atoms with Gasteiger partial charge in [-0.2, -0.15) is 0 Å². The van der Waals surface area contributed by atoms with Gasteiger partial charge in [0.1, 0.15) is 0 Å². The van der Waals surface area contributed by atoms with Gasteiger partial charge in [0.25, 0.3) is 0 Å². The van der Waals surface area contributed by atoms with Crippen LogP contribution < -0.4 is 0 Å². The Morgan fingerprint density at radius 1 is 1.05 bits per heavy atom. The van der Waals surface area contributed by atoms with E-state index in [1.54, 1.807) is 0 Å². The molecular formula is C20H34O. The molecule has 2 rings (SSSR count). The van der Waals surface area contributed by atoms with Crippen LogP contribution in [0.1, 0.15) is 90.9 Å². The van der Waals surface area contributed by atoms with Crippen LogP contribution in [0.3, 0.4) is 0 Å². The Morgan fingerprint density at radius 3 is 2.24 bits per heavy atom. The maximum atomic E-state index is 12.6. The molecule has 2 aliphatic carbocycles. The lowest BCUT2D eigenvalue weighted by molar-refractivity contribution is -0.127. The van der Waals surface area contributed by atoms with E-state index in [2.05, 4.69) is 6.92 Å². The van der Waals surface area contributed by atoms with E-state index in [-0.39, 0.29) is 5.41 Å². The van der Waals surface area contributed by atoms with E-state index < -0.39 is 0 Å². The summed E-state index contributed by atoms with van der Waals surface area (Å²) in [4.78, 5) is 12.6. The van der Waals surface area contributed by atoms with Gasteiger partial charge in [-0.1, -0.05) is 57.9 Å². The number of unbranched alkanes of at least 4 members (excludes halogenated alkanes) is 1. The van der Waals surface area contributed by atoms with Crippen molar-refractivity contribution in [3.8, 4) is 0 Å². The van der Waals surface area contributed by atoms with Crippen LogP contribution in [0.2, 0.25) is 0 Å². The molecule has 21 heavy (non-hydrogen) atoms. The number of carbonyl (C=O) groups excluding carboxylic acids is 1. The number of carbonyl (C=O) groups is 1. The lowest BCUT2D eigenvalue weighted by Crippen LogP contribution is -2.36. The molecule has 0 aromatic rings. The van der Waals surface area contributed by atoms with Crippen molar-refractivity contribution < 1.29 is 4.79 Å². The fourth-order valence-electron chi connectivity index (χ4n) is 4.73. The quantitative estimate of drug-likeness (QED) is 0.542. The summed E-state index contributed by atoms with van der Waals surface area (Å²) in [6.07, 6.45) is 19.5. The molecule has 0 saturated heterocycles. The molecule has 0 radical (unpaired) electrons. The zero-order chi connectivity index (χ0) is 15.1. The van der Waals surface area contributed by atoms with Crippen LogP contribution in [0, 0.1) is 17.3 Å². The fraction of sp³-hybridized carbons (Fsp3) is 0.850. The van der Waals surface area contributed by atoms with Crippen molar-refractivity contribution in [2.24, 2.45) is 17.3 Å². The van der Waals surface area contributed by atoms with Crippen LogP contribution in [-0.4, -0.2) is 5.78 Å². The molecule has 0 heterocycles. The first-order chi connectivity index (χ1) is 10.2. The van der Waals surface area contributed by atoms with Gasteiger partial charge in [-0.05, 0) is 56.9 Å². The second-order valence-corrected chi connectivity index (χ2v) is 7.48. The first-order valence-electron chi connectivity index (χ1n) is 9.39. The molecule has 0 aromatic carbocycles. The lowest BCUT2D eigenvalue weighted by atomic mass is 9.62. The van der Waals surface area contributed by atoms with E-state index in [9.17, 15) is 4.79 Å². The summed E-state index contributed by atoms with van der Waals surface area (Å²) in [7, 11) is 0. The van der Waals surface area contributed by atoms with Crippen LogP contribution in [-0.2, 0) is 4.79 Å². The molecule has 0 bridgehead atoms. The molecule has 0 amide bonds. The standard InChI is InChI=1S/C20H34O/c1-3-5-14-20(19(21)9-4-2)15-12-18(13-16-20)17-10-7-6-8-11-17/h4,9,17-18H,3,5-8,10-16H2,1-2H3. The van der Waals surface area contributed by atoms with E-state index in [0.717, 1.165) is 31.1 Å². The molecule has 0 spiro atoms. The minimum Gasteiger partial charge on any atom is -0.294 e. The summed E-state index contributed by atoms with van der Waals surface area (Å²) < 4.78 is 0. The summed E-state index contributed by atoms with van der Waals surface area (Å²) in [6.45, 7) is 4.21. The van der Waals surface area contributed by atoms with Gasteiger partial charge in [0.05, 0.1) is 0 Å². The van der Waals surface area contributed by atoms with Gasteiger partial charge in [0.15, 0.2) is 5.78 Å². The van der Waals surface area contributed by atoms with E-state index >= 15 is 0 Å². The van der Waals surface area contributed by atoms with Crippen molar-refractivity contribution >= 4 is 5.78 Å². The second kappa shape index (κ2) is 8.15. The molecule has 0 N–H and O–H groups in total. The van der Waals surface area contributed by atoms with Gasteiger partial charge < -0.3 is 0 Å². The number of rotatable bonds is 6. The van der Waals surface area contributed by atoms with E-state index in [1.165, 1.54) is 57.8 Å². The summed E-state index contributed by atoms with van der Waals surface area (Å²) in [5.41, 5.74) is -0.00626. The van der Waals surface area contributed by atoms with Gasteiger partial charge >= 0.3 is 0 Å². The third-order valence-corrected chi connectivity index (χ3v) is 6.15. The lowest BCUT2D eigenvalue weighted by Gasteiger charge is -2.42. The molecule has 2 aliphatic rings. The van der Waals surface area contributed by atoms with Crippen LogP contribution in [0.15, 0.2) is 12.2 Å². The van der Waals surface area contributed by atoms with Crippen molar-refractivity contribution in [2.45, 2.75) is 90.9 Å². The van der Waals surface area contributed by atoms with Crippen LogP contribution >= 0.6 is 0 Å². The van der Waals surface area contributed by atoms with Gasteiger partial charge in [0.2, 0.25) is 0 Å². The topological polar surface area (TPSA) is 17.1 Å². The molecule has 120 valence electrons. The number of allylic oxidation sites excluding steroid dienone is 2. The molecule has 0 atom stereocenters. The maximum absolute atomic E-state index is 12.6. The Bertz CT molecular complexity index is 341. The predicted octanol–water partition coefficient (Wildman–Crippen LogP) is 6.08. The normalized spacial score (nSPS) is 31.6. The number of ketones is 1. The largest absolute Gasteiger partial charge is 0.294 e. The van der Waals surface area contributed by atoms with Crippen molar-refractivity contribution in [1.29, 1.82) is 0 Å². The van der Waals surface area contributed by atoms with Gasteiger partial charge in [-0.3, -0.25) is 4.79 Å². The average molecular weight is 290 g/mol. The molecule has 2 fully saturated rings. The minimum absolute atomic E-state index is 0.00626. The van der Waals surface area contributed by atoms with Gasteiger partial charge in [-0.15, -0.1) is 0 Å². The highest BCUT2D eigenvalue weighted by atomic mass is 16.1. The SMILES string of the molecule is CC=CC(=O)C1(CCCC)CCC(C2CCCCC2)CC1. The average Bonchev–Trinajstić information content (AvgIpc) is 2.54. The minimum atomic E-state index is -0.00626. The van der Waals surface area contributed by atoms with Crippen molar-refractivity contribution in [1.82, 2.24) is 0 Å². The molecular weight excluding hydrogens is 256 g/mol. The van der Waals surface area contributed by atoms with Crippen molar-refractivity contribution in [2.75, 3.05) is 0 Å². The van der Waals surface area contributed by atoms with E-state index in [4.69, 9.17) is 0 Å². The van der Waals surface area contributed by atoms with E-state index in [1.807, 2.05) is 19.1 Å². The Labute approximate surface area is 131 Å². The van der Waals surface area contributed by atoms with Crippen LogP contribution in [0.5, 0.6) is 0 Å². The van der Waals surface area contributed by atoms with E-state index in [0.29, 0.717) is 5.78 Å². The fourth-order valence-corrected chi connectivity index (χ4v) is 4.73. The molecule has 1 heteroatoms. The summed E-state index contributed by atoms with van der Waals surface area (Å²) in [5.74, 6) is 2.30. The van der Waals surface area contributed by atoms with Crippen molar-refractivity contribution in [3.05, 3.63) is 12.2 Å². The first kappa shape index (κ1) is 16.8. The number of hydrogen-bond acceptors (Lipinski definition) is 1. The number of hydrogen-bond donors (Lipinski definition) is 0. The summed E-state index contributed by atoms with van der Waals surface area (Å²) in [6, 6.07) is 0. The zero-order valence-electron chi connectivity index (χ0n) is 14.2. The predicted molar refractivity (Wildman–Crippen MR) is 90.3 cm³/mol. The highest BCUT2D eigenvalue weighted by Gasteiger charge is 2.41. The highest BCUT2D eigenvalue weighted by Crippen LogP contribution is 2.47. The summed E-state index contributed by atoms with van der Waals surface area (Å²) >= 11 is 0. The van der Waals surface area contributed by atoms with Crippen molar-refractivity contribution in [3.63, 3.8) is 0 Å². The molecule has 0 aromatic heterocycles. The third kappa shape index (κ3) is 4.20. The zero-order valence-corrected chi connectivity index (χ0v) is 14.2. The first-order valence-corrected chi connectivity index (χ1v) is 9.39. The summed E-state index contributed by atoms with van der Waals surface area (Å²) in [5, 5.41) is 0. The van der Waals surface area contributed by atoms with Crippen LogP contribution in [0.25, 0.3) is 0 Å². The van der Waals surface area contributed by atoms with Gasteiger partial charge in [-0.25, -0.2) is 0 Å². The molecule has 2 saturated carbocycles. The Balaban J connectivity index is 1.96. The molecule has 0 unspecified atom stereocenters. The highest BCUT2D eigenvalue weighted by molar-refractivity contribution is 5.94. The smallest absolute Gasteiger partial charge is 0.161 e. The maximum Gasteiger partial charge on any atom is 0.161 e. The molecule has 1 nitrogen and oxygen atoms in total. The Hall–Kier alpha value is -0.590.